The molecular formula is C17H32N2O. The van der Waals surface area contributed by atoms with Gasteiger partial charge in [-0.3, -0.25) is 4.79 Å². The fraction of sp³-hybridized carbons (Fsp3) is 0.941. The van der Waals surface area contributed by atoms with E-state index in [9.17, 15) is 4.79 Å². The first-order valence-corrected chi connectivity index (χ1v) is 8.84. The van der Waals surface area contributed by atoms with Crippen LogP contribution in [0, 0.1) is 5.92 Å². The summed E-state index contributed by atoms with van der Waals surface area (Å²) in [5.41, 5.74) is 0. The second-order valence-corrected chi connectivity index (χ2v) is 6.73. The SMILES string of the molecule is O=C(CNCCC1CCCCC1)NC1CCCCCC1. The lowest BCUT2D eigenvalue weighted by molar-refractivity contribution is -0.121. The molecule has 2 aliphatic carbocycles. The zero-order valence-corrected chi connectivity index (χ0v) is 13.0. The Kier molecular flexibility index (Phi) is 7.42. The van der Waals surface area contributed by atoms with Gasteiger partial charge in [0.15, 0.2) is 0 Å². The predicted molar refractivity (Wildman–Crippen MR) is 83.7 cm³/mol. The molecule has 2 N–H and O–H groups in total. The van der Waals surface area contributed by atoms with Crippen LogP contribution in [0.1, 0.15) is 77.0 Å². The fourth-order valence-electron chi connectivity index (χ4n) is 3.69. The minimum atomic E-state index is 0.195. The van der Waals surface area contributed by atoms with Gasteiger partial charge in [-0.05, 0) is 31.7 Å². The highest BCUT2D eigenvalue weighted by molar-refractivity contribution is 5.78. The van der Waals surface area contributed by atoms with E-state index in [1.807, 2.05) is 0 Å². The molecule has 3 nitrogen and oxygen atoms in total. The van der Waals surface area contributed by atoms with Gasteiger partial charge in [0.1, 0.15) is 0 Å². The molecule has 0 bridgehead atoms. The highest BCUT2D eigenvalue weighted by Crippen LogP contribution is 2.25. The van der Waals surface area contributed by atoms with Crippen LogP contribution >= 0.6 is 0 Å². The van der Waals surface area contributed by atoms with Gasteiger partial charge in [-0.15, -0.1) is 0 Å². The van der Waals surface area contributed by atoms with Crippen molar-refractivity contribution in [1.29, 1.82) is 0 Å². The minimum absolute atomic E-state index is 0.195. The predicted octanol–water partition coefficient (Wildman–Crippen LogP) is 3.39. The van der Waals surface area contributed by atoms with Crippen molar-refractivity contribution in [1.82, 2.24) is 10.6 Å². The minimum Gasteiger partial charge on any atom is -0.352 e. The van der Waals surface area contributed by atoms with Crippen LogP contribution < -0.4 is 10.6 Å². The first kappa shape index (κ1) is 15.8. The molecule has 0 heterocycles. The van der Waals surface area contributed by atoms with E-state index in [4.69, 9.17) is 0 Å². The number of nitrogens with one attached hydrogen (secondary N) is 2. The van der Waals surface area contributed by atoms with Crippen LogP contribution in [0.4, 0.5) is 0 Å². The molecule has 0 aromatic rings. The highest BCUT2D eigenvalue weighted by atomic mass is 16.1. The van der Waals surface area contributed by atoms with Gasteiger partial charge in [0.2, 0.25) is 5.91 Å². The van der Waals surface area contributed by atoms with E-state index in [0.717, 1.165) is 12.5 Å². The summed E-state index contributed by atoms with van der Waals surface area (Å²) in [4.78, 5) is 11.9. The number of carbonyl (C=O) groups is 1. The van der Waals surface area contributed by atoms with E-state index in [1.54, 1.807) is 0 Å². The Hall–Kier alpha value is -0.570. The molecule has 0 unspecified atom stereocenters. The topological polar surface area (TPSA) is 41.1 Å². The van der Waals surface area contributed by atoms with Crippen molar-refractivity contribution < 1.29 is 4.79 Å². The molecule has 116 valence electrons. The van der Waals surface area contributed by atoms with Gasteiger partial charge >= 0.3 is 0 Å². The van der Waals surface area contributed by atoms with E-state index in [1.165, 1.54) is 77.0 Å². The summed E-state index contributed by atoms with van der Waals surface area (Å²) in [6.07, 6.45) is 15.9. The molecule has 0 aromatic carbocycles. The Bertz CT molecular complexity index is 266. The van der Waals surface area contributed by atoms with Crippen LogP contribution in [0.15, 0.2) is 0 Å². The van der Waals surface area contributed by atoms with Gasteiger partial charge in [0.05, 0.1) is 6.54 Å². The van der Waals surface area contributed by atoms with Crippen molar-refractivity contribution in [3.8, 4) is 0 Å². The molecule has 0 saturated heterocycles. The maximum Gasteiger partial charge on any atom is 0.234 e. The van der Waals surface area contributed by atoms with Gasteiger partial charge in [-0.2, -0.15) is 0 Å². The molecule has 2 aliphatic rings. The molecule has 3 heteroatoms. The first-order chi connectivity index (χ1) is 9.84. The van der Waals surface area contributed by atoms with Crippen molar-refractivity contribution in [3.05, 3.63) is 0 Å². The third kappa shape index (κ3) is 6.25. The number of rotatable bonds is 6. The van der Waals surface area contributed by atoms with Crippen molar-refractivity contribution in [2.45, 2.75) is 83.1 Å². The quantitative estimate of drug-likeness (QED) is 0.578. The van der Waals surface area contributed by atoms with Crippen molar-refractivity contribution in [2.24, 2.45) is 5.92 Å². The summed E-state index contributed by atoms with van der Waals surface area (Å²) in [6.45, 7) is 1.51. The molecule has 2 rings (SSSR count). The largest absolute Gasteiger partial charge is 0.352 e. The molecule has 0 spiro atoms. The Morgan fingerprint density at radius 2 is 1.45 bits per heavy atom. The van der Waals surface area contributed by atoms with Gasteiger partial charge in [-0.1, -0.05) is 57.8 Å². The van der Waals surface area contributed by atoms with Gasteiger partial charge in [-0.25, -0.2) is 0 Å². The number of hydrogen-bond acceptors (Lipinski definition) is 2. The van der Waals surface area contributed by atoms with Crippen molar-refractivity contribution in [3.63, 3.8) is 0 Å². The van der Waals surface area contributed by atoms with Crippen LogP contribution in [0.5, 0.6) is 0 Å². The second kappa shape index (κ2) is 9.38. The highest BCUT2D eigenvalue weighted by Gasteiger charge is 2.15. The van der Waals surface area contributed by atoms with Crippen LogP contribution in [0.25, 0.3) is 0 Å². The van der Waals surface area contributed by atoms with Gasteiger partial charge in [0, 0.05) is 6.04 Å². The fourth-order valence-corrected chi connectivity index (χ4v) is 3.69. The number of hydrogen-bond donors (Lipinski definition) is 2. The van der Waals surface area contributed by atoms with Crippen LogP contribution in [-0.2, 0) is 4.79 Å². The summed E-state index contributed by atoms with van der Waals surface area (Å²) < 4.78 is 0. The lowest BCUT2D eigenvalue weighted by Gasteiger charge is -2.21. The van der Waals surface area contributed by atoms with Crippen LogP contribution in [0.2, 0.25) is 0 Å². The second-order valence-electron chi connectivity index (χ2n) is 6.73. The summed E-state index contributed by atoms with van der Waals surface area (Å²) in [6, 6.07) is 0.435. The molecule has 2 fully saturated rings. The van der Waals surface area contributed by atoms with E-state index in [2.05, 4.69) is 10.6 Å². The molecular weight excluding hydrogens is 248 g/mol. The maximum absolute atomic E-state index is 11.9. The third-order valence-electron chi connectivity index (χ3n) is 4.96. The Morgan fingerprint density at radius 1 is 0.850 bits per heavy atom. The summed E-state index contributed by atoms with van der Waals surface area (Å²) in [7, 11) is 0. The van der Waals surface area contributed by atoms with Crippen LogP contribution in [0.3, 0.4) is 0 Å². The summed E-state index contributed by atoms with van der Waals surface area (Å²) in [5, 5.41) is 6.52. The summed E-state index contributed by atoms with van der Waals surface area (Å²) >= 11 is 0. The molecule has 0 aromatic heterocycles. The molecule has 2 saturated carbocycles. The normalized spacial score (nSPS) is 22.4. The lowest BCUT2D eigenvalue weighted by atomic mass is 9.87. The Balaban J connectivity index is 1.50. The third-order valence-corrected chi connectivity index (χ3v) is 4.96. The van der Waals surface area contributed by atoms with E-state index in [-0.39, 0.29) is 5.91 Å². The standard InChI is InChI=1S/C17H32N2O/c20-17(19-16-10-6-1-2-7-11-16)14-18-13-12-15-8-4-3-5-9-15/h15-16,18H,1-14H2,(H,19,20). The number of carbonyl (C=O) groups excluding carboxylic acids is 1. The van der Waals surface area contributed by atoms with Gasteiger partial charge < -0.3 is 10.6 Å². The molecule has 0 radical (unpaired) electrons. The Labute approximate surface area is 124 Å². The van der Waals surface area contributed by atoms with E-state index in [0.29, 0.717) is 12.6 Å². The molecule has 0 aliphatic heterocycles. The van der Waals surface area contributed by atoms with Crippen LogP contribution in [-0.4, -0.2) is 25.0 Å². The van der Waals surface area contributed by atoms with E-state index < -0.39 is 0 Å². The average molecular weight is 280 g/mol. The average Bonchev–Trinajstić information content (AvgIpc) is 2.73. The first-order valence-electron chi connectivity index (χ1n) is 8.84. The van der Waals surface area contributed by atoms with Crippen molar-refractivity contribution in [2.75, 3.05) is 13.1 Å². The smallest absolute Gasteiger partial charge is 0.234 e. The lowest BCUT2D eigenvalue weighted by Crippen LogP contribution is -2.40. The monoisotopic (exact) mass is 280 g/mol. The molecule has 1 amide bonds. The van der Waals surface area contributed by atoms with Crippen molar-refractivity contribution >= 4 is 5.91 Å². The zero-order chi connectivity index (χ0) is 14.0. The zero-order valence-electron chi connectivity index (χ0n) is 13.0. The van der Waals surface area contributed by atoms with Gasteiger partial charge in [0.25, 0.3) is 0 Å². The number of amides is 1. The molecule has 0 atom stereocenters. The maximum atomic E-state index is 11.9. The summed E-state index contributed by atoms with van der Waals surface area (Å²) in [5.74, 6) is 1.10. The molecule has 20 heavy (non-hydrogen) atoms. The van der Waals surface area contributed by atoms with E-state index >= 15 is 0 Å². The Morgan fingerprint density at radius 3 is 2.15 bits per heavy atom.